The van der Waals surface area contributed by atoms with Crippen LogP contribution < -0.4 is 5.32 Å². The summed E-state index contributed by atoms with van der Waals surface area (Å²) in [7, 11) is 1.82. The van der Waals surface area contributed by atoms with E-state index in [9.17, 15) is 15.0 Å². The van der Waals surface area contributed by atoms with Crippen molar-refractivity contribution >= 4 is 5.91 Å². The number of carbonyl (C=O) groups is 1. The average Bonchev–Trinajstić information content (AvgIpc) is 2.51. The fourth-order valence-corrected chi connectivity index (χ4v) is 2.57. The molecule has 0 aromatic heterocycles. The van der Waals surface area contributed by atoms with Gasteiger partial charge in [0, 0.05) is 19.0 Å². The third-order valence-corrected chi connectivity index (χ3v) is 3.79. The number of nitrogens with one attached hydrogen (secondary N) is 1. The zero-order valence-electron chi connectivity index (χ0n) is 12.8. The Hall–Kier alpha value is -1.47. The van der Waals surface area contributed by atoms with E-state index >= 15 is 0 Å². The molecule has 1 heterocycles. The predicted octanol–water partition coefficient (Wildman–Crippen LogP) is -0.397. The number of carbonyl (C=O) groups excluding carboxylic acids is 1. The molecule has 6 heteroatoms. The van der Waals surface area contributed by atoms with Gasteiger partial charge in [-0.05, 0) is 12.6 Å². The lowest BCUT2D eigenvalue weighted by molar-refractivity contribution is -0.129. The molecule has 0 spiro atoms. The van der Waals surface area contributed by atoms with Crippen LogP contribution in [0, 0.1) is 5.92 Å². The first-order valence-corrected chi connectivity index (χ1v) is 7.49. The van der Waals surface area contributed by atoms with E-state index < -0.39 is 12.2 Å². The van der Waals surface area contributed by atoms with E-state index in [1.54, 1.807) is 0 Å². The summed E-state index contributed by atoms with van der Waals surface area (Å²) in [5, 5.41) is 22.4. The molecule has 1 aromatic rings. The minimum absolute atomic E-state index is 0.0712. The van der Waals surface area contributed by atoms with Gasteiger partial charge in [0.15, 0.2) is 0 Å². The van der Waals surface area contributed by atoms with Gasteiger partial charge in [-0.25, -0.2) is 0 Å². The molecule has 1 saturated heterocycles. The van der Waals surface area contributed by atoms with Crippen LogP contribution in [-0.2, 0) is 16.1 Å². The van der Waals surface area contributed by atoms with Gasteiger partial charge in [0.25, 0.3) is 0 Å². The molecule has 122 valence electrons. The zero-order valence-corrected chi connectivity index (χ0v) is 12.8. The van der Waals surface area contributed by atoms with Gasteiger partial charge >= 0.3 is 0 Å². The number of aliphatic hydroxyl groups excluding tert-OH is 2. The Bertz CT molecular complexity index is 468. The molecule has 3 atom stereocenters. The molecule has 0 saturated carbocycles. The maximum Gasteiger partial charge on any atom is 0.234 e. The molecule has 6 nitrogen and oxygen atoms in total. The van der Waals surface area contributed by atoms with E-state index in [-0.39, 0.29) is 25.0 Å². The number of rotatable bonds is 6. The van der Waals surface area contributed by atoms with Crippen LogP contribution in [0.4, 0.5) is 0 Å². The number of likely N-dealkylation sites (N-methyl/N-ethyl adjacent to an activating group) is 1. The molecule has 1 fully saturated rings. The van der Waals surface area contributed by atoms with Crippen LogP contribution >= 0.6 is 0 Å². The van der Waals surface area contributed by atoms with E-state index in [0.717, 1.165) is 5.56 Å². The summed E-state index contributed by atoms with van der Waals surface area (Å²) < 4.78 is 5.24. The molecule has 2 rings (SSSR count). The summed E-state index contributed by atoms with van der Waals surface area (Å²) in [5.41, 5.74) is 1.05. The van der Waals surface area contributed by atoms with Gasteiger partial charge in [-0.1, -0.05) is 30.3 Å². The Morgan fingerprint density at radius 3 is 2.77 bits per heavy atom. The first kappa shape index (κ1) is 16.9. The SMILES string of the molecule is CN(CC(=O)NCc1ccccc1)C[C@@H]1COC[C@@H](O)[C@H]1O. The minimum atomic E-state index is -0.848. The highest BCUT2D eigenvalue weighted by Crippen LogP contribution is 2.16. The molecule has 1 aromatic carbocycles. The molecular weight excluding hydrogens is 284 g/mol. The molecule has 0 radical (unpaired) electrons. The fourth-order valence-electron chi connectivity index (χ4n) is 2.57. The van der Waals surface area contributed by atoms with Gasteiger partial charge in [-0.2, -0.15) is 0 Å². The summed E-state index contributed by atoms with van der Waals surface area (Å²) in [6.45, 7) is 1.80. The van der Waals surface area contributed by atoms with Crippen molar-refractivity contribution in [3.05, 3.63) is 35.9 Å². The summed E-state index contributed by atoms with van der Waals surface area (Å²) >= 11 is 0. The fraction of sp³-hybridized carbons (Fsp3) is 0.562. The quantitative estimate of drug-likeness (QED) is 0.666. The number of benzene rings is 1. The van der Waals surface area contributed by atoms with Crippen molar-refractivity contribution in [3.63, 3.8) is 0 Å². The van der Waals surface area contributed by atoms with Gasteiger partial charge in [-0.3, -0.25) is 9.69 Å². The Labute approximate surface area is 130 Å². The van der Waals surface area contributed by atoms with Crippen molar-refractivity contribution in [2.45, 2.75) is 18.8 Å². The normalized spacial score (nSPS) is 25.2. The smallest absolute Gasteiger partial charge is 0.234 e. The topological polar surface area (TPSA) is 82.0 Å². The van der Waals surface area contributed by atoms with Crippen LogP contribution in [0.15, 0.2) is 30.3 Å². The Morgan fingerprint density at radius 1 is 1.32 bits per heavy atom. The monoisotopic (exact) mass is 308 g/mol. The lowest BCUT2D eigenvalue weighted by Gasteiger charge is -2.34. The highest BCUT2D eigenvalue weighted by molar-refractivity contribution is 5.77. The number of nitrogens with zero attached hydrogens (tertiary/aromatic N) is 1. The third kappa shape index (κ3) is 5.06. The Balaban J connectivity index is 1.72. The average molecular weight is 308 g/mol. The third-order valence-electron chi connectivity index (χ3n) is 3.79. The van der Waals surface area contributed by atoms with Crippen LogP contribution in [0.5, 0.6) is 0 Å². The van der Waals surface area contributed by atoms with E-state index in [1.165, 1.54) is 0 Å². The van der Waals surface area contributed by atoms with Crippen LogP contribution in [0.25, 0.3) is 0 Å². The molecular formula is C16H24N2O4. The molecule has 1 amide bonds. The van der Waals surface area contributed by atoms with Crippen molar-refractivity contribution in [1.82, 2.24) is 10.2 Å². The zero-order chi connectivity index (χ0) is 15.9. The summed E-state index contributed by atoms with van der Waals surface area (Å²) in [5.74, 6) is -0.256. The van der Waals surface area contributed by atoms with Crippen LogP contribution in [0.1, 0.15) is 5.56 Å². The Morgan fingerprint density at radius 2 is 2.05 bits per heavy atom. The second-order valence-corrected chi connectivity index (χ2v) is 5.81. The largest absolute Gasteiger partial charge is 0.390 e. The maximum absolute atomic E-state index is 11.9. The highest BCUT2D eigenvalue weighted by Gasteiger charge is 2.32. The molecule has 22 heavy (non-hydrogen) atoms. The maximum atomic E-state index is 11.9. The van der Waals surface area contributed by atoms with Gasteiger partial charge in [0.05, 0.1) is 25.9 Å². The highest BCUT2D eigenvalue weighted by atomic mass is 16.5. The second-order valence-electron chi connectivity index (χ2n) is 5.81. The van der Waals surface area contributed by atoms with Gasteiger partial charge in [-0.15, -0.1) is 0 Å². The van der Waals surface area contributed by atoms with E-state index in [2.05, 4.69) is 5.32 Å². The summed E-state index contributed by atoms with van der Waals surface area (Å²) in [6.07, 6.45) is -1.65. The van der Waals surface area contributed by atoms with E-state index in [1.807, 2.05) is 42.3 Å². The molecule has 3 N–H and O–H groups in total. The molecule has 1 aliphatic rings. The first-order chi connectivity index (χ1) is 10.6. The van der Waals surface area contributed by atoms with Gasteiger partial charge < -0.3 is 20.3 Å². The second kappa shape index (κ2) is 8.24. The van der Waals surface area contributed by atoms with E-state index in [0.29, 0.717) is 19.7 Å². The molecule has 0 unspecified atom stereocenters. The van der Waals surface area contributed by atoms with E-state index in [4.69, 9.17) is 4.74 Å². The molecule has 0 bridgehead atoms. The number of hydrogen-bond donors (Lipinski definition) is 3. The molecule has 0 aliphatic carbocycles. The lowest BCUT2D eigenvalue weighted by Crippen LogP contribution is -2.49. The number of hydrogen-bond acceptors (Lipinski definition) is 5. The standard InChI is InChI=1S/C16H24N2O4/c1-18(8-13-10-22-11-14(19)16(13)21)9-15(20)17-7-12-5-3-2-4-6-12/h2-6,13-14,16,19,21H,7-11H2,1H3,(H,17,20)/t13-,14-,16+/m1/s1. The molecule has 1 aliphatic heterocycles. The predicted molar refractivity (Wildman–Crippen MR) is 82.1 cm³/mol. The summed E-state index contributed by atoms with van der Waals surface area (Å²) in [6, 6.07) is 9.72. The van der Waals surface area contributed by atoms with Crippen LogP contribution in [-0.4, -0.2) is 66.6 Å². The van der Waals surface area contributed by atoms with Crippen LogP contribution in [0.3, 0.4) is 0 Å². The van der Waals surface area contributed by atoms with Crippen molar-refractivity contribution < 1.29 is 19.7 Å². The van der Waals surface area contributed by atoms with Crippen molar-refractivity contribution in [3.8, 4) is 0 Å². The summed E-state index contributed by atoms with van der Waals surface area (Å²) in [4.78, 5) is 13.7. The van der Waals surface area contributed by atoms with Crippen molar-refractivity contribution in [2.75, 3.05) is 33.4 Å². The van der Waals surface area contributed by atoms with Gasteiger partial charge in [0.2, 0.25) is 5.91 Å². The number of aliphatic hydroxyl groups is 2. The first-order valence-electron chi connectivity index (χ1n) is 7.49. The minimum Gasteiger partial charge on any atom is -0.390 e. The van der Waals surface area contributed by atoms with Crippen LogP contribution in [0.2, 0.25) is 0 Å². The van der Waals surface area contributed by atoms with Gasteiger partial charge in [0.1, 0.15) is 6.10 Å². The lowest BCUT2D eigenvalue weighted by atomic mass is 9.96. The van der Waals surface area contributed by atoms with Crippen molar-refractivity contribution in [1.29, 1.82) is 0 Å². The Kier molecular flexibility index (Phi) is 6.33. The van der Waals surface area contributed by atoms with Crippen molar-refractivity contribution in [2.24, 2.45) is 5.92 Å². The number of amides is 1. The number of ether oxygens (including phenoxy) is 1.